The number of hydrogen-bond donors (Lipinski definition) is 3. The van der Waals surface area contributed by atoms with Crippen LogP contribution in [0.4, 0.5) is 16.2 Å². The molecule has 0 fully saturated rings. The van der Waals surface area contributed by atoms with E-state index in [0.29, 0.717) is 11.4 Å². The molecule has 4 nitrogen and oxygen atoms in total. The standard InChI is InChI=1S/C15H16N2O2/c1-10-4-3-5-12(8-10)16-15(19)17-13-9-11(2)6-7-14(13)18/h3-9,18H,1-2H3,(H2,16,17,19). The fraction of sp³-hybridized carbons (Fsp3) is 0.133. The van der Waals surface area contributed by atoms with Gasteiger partial charge in [0.1, 0.15) is 5.75 Å². The van der Waals surface area contributed by atoms with Crippen molar-refractivity contribution in [3.63, 3.8) is 0 Å². The van der Waals surface area contributed by atoms with Crippen LogP contribution in [-0.4, -0.2) is 11.1 Å². The van der Waals surface area contributed by atoms with Gasteiger partial charge in [0, 0.05) is 5.69 Å². The number of anilines is 2. The highest BCUT2D eigenvalue weighted by Crippen LogP contribution is 2.24. The number of amides is 2. The Hall–Kier alpha value is -2.49. The van der Waals surface area contributed by atoms with Gasteiger partial charge >= 0.3 is 6.03 Å². The molecule has 0 atom stereocenters. The number of aromatic hydroxyl groups is 1. The van der Waals surface area contributed by atoms with Gasteiger partial charge in [0.05, 0.1) is 5.69 Å². The Morgan fingerprint density at radius 2 is 1.74 bits per heavy atom. The Morgan fingerprint density at radius 3 is 2.47 bits per heavy atom. The molecule has 0 aliphatic rings. The topological polar surface area (TPSA) is 61.4 Å². The van der Waals surface area contributed by atoms with Crippen LogP contribution >= 0.6 is 0 Å². The molecular formula is C15H16N2O2. The molecule has 3 N–H and O–H groups in total. The molecule has 0 bridgehead atoms. The van der Waals surface area contributed by atoms with E-state index in [4.69, 9.17) is 0 Å². The second kappa shape index (κ2) is 5.44. The smallest absolute Gasteiger partial charge is 0.323 e. The highest BCUT2D eigenvalue weighted by Gasteiger charge is 2.06. The fourth-order valence-electron chi connectivity index (χ4n) is 1.76. The average Bonchev–Trinajstić information content (AvgIpc) is 2.34. The number of phenols is 1. The van der Waals surface area contributed by atoms with Crippen LogP contribution in [0.25, 0.3) is 0 Å². The van der Waals surface area contributed by atoms with Crippen molar-refractivity contribution < 1.29 is 9.90 Å². The van der Waals surface area contributed by atoms with E-state index in [-0.39, 0.29) is 11.8 Å². The molecule has 0 unspecified atom stereocenters. The van der Waals surface area contributed by atoms with Crippen LogP contribution in [0, 0.1) is 13.8 Å². The Kier molecular flexibility index (Phi) is 3.71. The van der Waals surface area contributed by atoms with E-state index in [2.05, 4.69) is 10.6 Å². The molecular weight excluding hydrogens is 240 g/mol. The number of benzene rings is 2. The first-order chi connectivity index (χ1) is 9.04. The van der Waals surface area contributed by atoms with E-state index in [1.807, 2.05) is 38.1 Å². The second-order valence-electron chi connectivity index (χ2n) is 4.47. The Balaban J connectivity index is 2.07. The van der Waals surface area contributed by atoms with E-state index < -0.39 is 0 Å². The molecule has 2 amide bonds. The lowest BCUT2D eigenvalue weighted by atomic mass is 10.2. The molecule has 98 valence electrons. The first kappa shape index (κ1) is 13.0. The van der Waals surface area contributed by atoms with Gasteiger partial charge in [0.25, 0.3) is 0 Å². The second-order valence-corrected chi connectivity index (χ2v) is 4.47. The molecule has 0 saturated carbocycles. The molecule has 4 heteroatoms. The summed E-state index contributed by atoms with van der Waals surface area (Å²) in [6.07, 6.45) is 0. The number of rotatable bonds is 2. The maximum absolute atomic E-state index is 11.8. The SMILES string of the molecule is Cc1cccc(NC(=O)Nc2cc(C)ccc2O)c1. The predicted octanol–water partition coefficient (Wildman–Crippen LogP) is 3.65. The van der Waals surface area contributed by atoms with Gasteiger partial charge in [-0.25, -0.2) is 4.79 Å². The van der Waals surface area contributed by atoms with Gasteiger partial charge < -0.3 is 15.7 Å². The van der Waals surface area contributed by atoms with Gasteiger partial charge in [-0.15, -0.1) is 0 Å². The Labute approximate surface area is 112 Å². The van der Waals surface area contributed by atoms with Crippen molar-refractivity contribution >= 4 is 17.4 Å². The fourth-order valence-corrected chi connectivity index (χ4v) is 1.76. The maximum atomic E-state index is 11.8. The number of carbonyl (C=O) groups excluding carboxylic acids is 1. The lowest BCUT2D eigenvalue weighted by Gasteiger charge is -2.10. The lowest BCUT2D eigenvalue weighted by Crippen LogP contribution is -2.19. The largest absolute Gasteiger partial charge is 0.506 e. The summed E-state index contributed by atoms with van der Waals surface area (Å²) in [4.78, 5) is 11.8. The number of hydrogen-bond acceptors (Lipinski definition) is 2. The van der Waals surface area contributed by atoms with Gasteiger partial charge in [0.2, 0.25) is 0 Å². The monoisotopic (exact) mass is 256 g/mol. The number of carbonyl (C=O) groups is 1. The molecule has 0 radical (unpaired) electrons. The van der Waals surface area contributed by atoms with Gasteiger partial charge in [-0.1, -0.05) is 18.2 Å². The van der Waals surface area contributed by atoms with E-state index >= 15 is 0 Å². The van der Waals surface area contributed by atoms with Crippen molar-refractivity contribution in [2.45, 2.75) is 13.8 Å². The van der Waals surface area contributed by atoms with E-state index in [9.17, 15) is 9.90 Å². The highest BCUT2D eigenvalue weighted by molar-refractivity contribution is 6.00. The third-order valence-corrected chi connectivity index (χ3v) is 2.68. The third kappa shape index (κ3) is 3.48. The summed E-state index contributed by atoms with van der Waals surface area (Å²) in [7, 11) is 0. The van der Waals surface area contributed by atoms with Crippen LogP contribution in [0.15, 0.2) is 42.5 Å². The van der Waals surface area contributed by atoms with Crippen LogP contribution in [0.3, 0.4) is 0 Å². The summed E-state index contributed by atoms with van der Waals surface area (Å²) in [5.41, 5.74) is 3.13. The summed E-state index contributed by atoms with van der Waals surface area (Å²) < 4.78 is 0. The normalized spacial score (nSPS) is 10.0. The molecule has 19 heavy (non-hydrogen) atoms. The number of aryl methyl sites for hydroxylation is 2. The highest BCUT2D eigenvalue weighted by atomic mass is 16.3. The minimum atomic E-state index is -0.383. The number of urea groups is 1. The predicted molar refractivity (Wildman–Crippen MR) is 76.7 cm³/mol. The molecule has 0 aliphatic heterocycles. The van der Waals surface area contributed by atoms with Crippen molar-refractivity contribution in [2.24, 2.45) is 0 Å². The van der Waals surface area contributed by atoms with Crippen LogP contribution in [0.1, 0.15) is 11.1 Å². The number of phenolic OH excluding ortho intramolecular Hbond substituents is 1. The summed E-state index contributed by atoms with van der Waals surface area (Å²) in [5, 5.41) is 15.0. The summed E-state index contributed by atoms with van der Waals surface area (Å²) in [6.45, 7) is 3.85. The van der Waals surface area contributed by atoms with Crippen molar-refractivity contribution in [1.29, 1.82) is 0 Å². The van der Waals surface area contributed by atoms with Gasteiger partial charge in [0.15, 0.2) is 0 Å². The Bertz CT molecular complexity index is 609. The van der Waals surface area contributed by atoms with Crippen molar-refractivity contribution in [1.82, 2.24) is 0 Å². The first-order valence-electron chi connectivity index (χ1n) is 5.99. The van der Waals surface area contributed by atoms with Crippen molar-refractivity contribution in [3.05, 3.63) is 53.6 Å². The molecule has 0 aromatic heterocycles. The zero-order valence-electron chi connectivity index (χ0n) is 10.9. The molecule has 0 saturated heterocycles. The van der Waals surface area contributed by atoms with Gasteiger partial charge in [-0.2, -0.15) is 0 Å². The summed E-state index contributed by atoms with van der Waals surface area (Å²) in [6, 6.07) is 12.2. The van der Waals surface area contributed by atoms with Crippen LogP contribution < -0.4 is 10.6 Å². The minimum Gasteiger partial charge on any atom is -0.506 e. The van der Waals surface area contributed by atoms with Crippen molar-refractivity contribution in [3.8, 4) is 5.75 Å². The summed E-state index contributed by atoms with van der Waals surface area (Å²) >= 11 is 0. The van der Waals surface area contributed by atoms with Crippen LogP contribution in [0.2, 0.25) is 0 Å². The minimum absolute atomic E-state index is 0.0463. The molecule has 0 aliphatic carbocycles. The maximum Gasteiger partial charge on any atom is 0.323 e. The molecule has 0 spiro atoms. The zero-order chi connectivity index (χ0) is 13.8. The van der Waals surface area contributed by atoms with Crippen LogP contribution in [0.5, 0.6) is 5.75 Å². The number of nitrogens with one attached hydrogen (secondary N) is 2. The average molecular weight is 256 g/mol. The van der Waals surface area contributed by atoms with E-state index in [1.165, 1.54) is 0 Å². The van der Waals surface area contributed by atoms with Gasteiger partial charge in [-0.05, 0) is 49.2 Å². The first-order valence-corrected chi connectivity index (χ1v) is 5.99. The van der Waals surface area contributed by atoms with E-state index in [1.54, 1.807) is 18.2 Å². The molecule has 2 aromatic carbocycles. The molecule has 2 rings (SSSR count). The zero-order valence-corrected chi connectivity index (χ0v) is 10.9. The lowest BCUT2D eigenvalue weighted by molar-refractivity contribution is 0.262. The molecule has 2 aromatic rings. The quantitative estimate of drug-likeness (QED) is 0.718. The third-order valence-electron chi connectivity index (χ3n) is 2.68. The summed E-state index contributed by atoms with van der Waals surface area (Å²) in [5.74, 6) is 0.0463. The van der Waals surface area contributed by atoms with Crippen LogP contribution in [-0.2, 0) is 0 Å². The van der Waals surface area contributed by atoms with Gasteiger partial charge in [-0.3, -0.25) is 0 Å². The van der Waals surface area contributed by atoms with Crippen molar-refractivity contribution in [2.75, 3.05) is 10.6 Å². The molecule has 0 heterocycles. The Morgan fingerprint density at radius 1 is 1.00 bits per heavy atom. The van der Waals surface area contributed by atoms with E-state index in [0.717, 1.165) is 11.1 Å².